The van der Waals surface area contributed by atoms with Crippen LogP contribution in [0.2, 0.25) is 0 Å². The van der Waals surface area contributed by atoms with Crippen molar-refractivity contribution in [3.63, 3.8) is 0 Å². The van der Waals surface area contributed by atoms with Crippen LogP contribution in [0.3, 0.4) is 0 Å². The fourth-order valence-corrected chi connectivity index (χ4v) is 6.87. The molecule has 0 amide bonds. The van der Waals surface area contributed by atoms with Crippen molar-refractivity contribution in [2.45, 2.75) is 119 Å². The Morgan fingerprint density at radius 2 is 0.800 bits per heavy atom. The number of rotatable bonds is 11. The summed E-state index contributed by atoms with van der Waals surface area (Å²) < 4.78 is 6.57. The van der Waals surface area contributed by atoms with Crippen LogP contribution in [0.1, 0.15) is 152 Å². The molecule has 0 saturated heterocycles. The molecule has 0 unspecified atom stereocenters. The molecule has 238 valence electrons. The maximum Gasteiger partial charge on any atom is 0.362 e. The van der Waals surface area contributed by atoms with Crippen molar-refractivity contribution in [3.8, 4) is 22.3 Å². The number of hydrogen-bond donors (Lipinski definition) is 0. The van der Waals surface area contributed by atoms with Crippen LogP contribution < -0.4 is 10.9 Å². The van der Waals surface area contributed by atoms with Crippen molar-refractivity contribution in [1.82, 2.24) is 0 Å². The Balaban J connectivity index is 2.27. The first-order valence-corrected chi connectivity index (χ1v) is 17.3. The molecule has 0 aliphatic rings. The maximum absolute atomic E-state index is 6.57. The van der Waals surface area contributed by atoms with Crippen molar-refractivity contribution >= 4 is 17.8 Å². The van der Waals surface area contributed by atoms with Gasteiger partial charge in [0.05, 0.1) is 0 Å². The molecule has 1 nitrogen and oxygen atoms in total. The smallest absolute Gasteiger partial charge is 0.362 e. The van der Waals surface area contributed by atoms with Crippen LogP contribution in [0, 0.1) is 0 Å². The van der Waals surface area contributed by atoms with Gasteiger partial charge in [0.15, 0.2) is 0 Å². The standard InChI is InChI=1S/C43H57BO/c1-26(2)32-22-37(28(5)6)41(38(23-32)29(7)8)35-20-17-21-36(43(35)44(45-13)34-18-15-14-16-19-34)42-39(30(9)10)24-33(27(3)4)25-40(42)31(11)12/h14-31H,1-13H3. The van der Waals surface area contributed by atoms with Gasteiger partial charge in [0.25, 0.3) is 0 Å². The van der Waals surface area contributed by atoms with Gasteiger partial charge in [-0.3, -0.25) is 0 Å². The summed E-state index contributed by atoms with van der Waals surface area (Å²) in [5.41, 5.74) is 16.4. The monoisotopic (exact) mass is 600 g/mol. The highest BCUT2D eigenvalue weighted by Gasteiger charge is 2.32. The first-order chi connectivity index (χ1) is 21.3. The van der Waals surface area contributed by atoms with Crippen LogP contribution in [0.15, 0.2) is 72.8 Å². The lowest BCUT2D eigenvalue weighted by molar-refractivity contribution is 0.439. The van der Waals surface area contributed by atoms with E-state index in [9.17, 15) is 0 Å². The summed E-state index contributed by atoms with van der Waals surface area (Å²) in [6.45, 7) is 27.8. The van der Waals surface area contributed by atoms with E-state index in [1.807, 2.05) is 7.11 Å². The quantitative estimate of drug-likeness (QED) is 0.156. The lowest BCUT2D eigenvalue weighted by Crippen LogP contribution is -2.46. The second-order valence-corrected chi connectivity index (χ2v) is 14.9. The Kier molecular flexibility index (Phi) is 11.2. The third-order valence-electron chi connectivity index (χ3n) is 9.51. The van der Waals surface area contributed by atoms with Crippen LogP contribution in [0.5, 0.6) is 0 Å². The minimum Gasteiger partial charge on any atom is -0.430 e. The minimum atomic E-state index is -0.216. The van der Waals surface area contributed by atoms with Crippen molar-refractivity contribution in [2.24, 2.45) is 0 Å². The van der Waals surface area contributed by atoms with Crippen molar-refractivity contribution in [2.75, 3.05) is 7.11 Å². The summed E-state index contributed by atoms with van der Waals surface area (Å²) in [7, 11) is 1.88. The highest BCUT2D eigenvalue weighted by Crippen LogP contribution is 2.42. The van der Waals surface area contributed by atoms with Crippen LogP contribution in [0.25, 0.3) is 22.3 Å². The molecule has 0 aliphatic heterocycles. The molecule has 0 aromatic heterocycles. The predicted molar refractivity (Wildman–Crippen MR) is 200 cm³/mol. The highest BCUT2D eigenvalue weighted by molar-refractivity contribution is 6.82. The predicted octanol–water partition coefficient (Wildman–Crippen LogP) is 11.5. The Morgan fingerprint density at radius 1 is 0.444 bits per heavy atom. The van der Waals surface area contributed by atoms with Crippen LogP contribution >= 0.6 is 0 Å². The zero-order chi connectivity index (χ0) is 33.2. The Bertz CT molecular complexity index is 1440. The van der Waals surface area contributed by atoms with E-state index in [-0.39, 0.29) is 6.92 Å². The molecule has 0 spiro atoms. The molecular weight excluding hydrogens is 543 g/mol. The number of benzene rings is 4. The van der Waals surface area contributed by atoms with Crippen molar-refractivity contribution in [3.05, 3.63) is 106 Å². The molecule has 45 heavy (non-hydrogen) atoms. The van der Waals surface area contributed by atoms with Gasteiger partial charge in [-0.15, -0.1) is 0 Å². The summed E-state index contributed by atoms with van der Waals surface area (Å²) in [6, 6.07) is 27.7. The molecule has 0 N–H and O–H groups in total. The van der Waals surface area contributed by atoms with Crippen molar-refractivity contribution < 1.29 is 4.65 Å². The molecular formula is C43H57BO. The molecule has 0 atom stereocenters. The molecule has 0 aliphatic carbocycles. The summed E-state index contributed by atoms with van der Waals surface area (Å²) in [6.07, 6.45) is 0. The van der Waals surface area contributed by atoms with Gasteiger partial charge in [0.1, 0.15) is 0 Å². The van der Waals surface area contributed by atoms with Gasteiger partial charge in [-0.25, -0.2) is 0 Å². The molecule has 4 rings (SSSR count). The van der Waals surface area contributed by atoms with Crippen LogP contribution in [-0.2, 0) is 4.65 Å². The summed E-state index contributed by atoms with van der Waals surface area (Å²) in [5, 5.41) is 0. The highest BCUT2D eigenvalue weighted by atomic mass is 16.4. The lowest BCUT2D eigenvalue weighted by Gasteiger charge is -2.30. The first-order valence-electron chi connectivity index (χ1n) is 17.3. The van der Waals surface area contributed by atoms with Gasteiger partial charge in [-0.2, -0.15) is 0 Å². The fourth-order valence-electron chi connectivity index (χ4n) is 6.87. The molecule has 0 saturated carbocycles. The van der Waals surface area contributed by atoms with E-state index < -0.39 is 0 Å². The third kappa shape index (κ3) is 7.17. The summed E-state index contributed by atoms with van der Waals surface area (Å²) >= 11 is 0. The van der Waals surface area contributed by atoms with Gasteiger partial charge in [0, 0.05) is 7.11 Å². The summed E-state index contributed by atoms with van der Waals surface area (Å²) in [5.74, 6) is 2.47. The third-order valence-corrected chi connectivity index (χ3v) is 9.51. The van der Waals surface area contributed by atoms with Gasteiger partial charge in [-0.1, -0.05) is 156 Å². The zero-order valence-corrected chi connectivity index (χ0v) is 30.4. The van der Waals surface area contributed by atoms with Crippen LogP contribution in [0.4, 0.5) is 0 Å². The Hall–Kier alpha value is -3.10. The summed E-state index contributed by atoms with van der Waals surface area (Å²) in [4.78, 5) is 0. The topological polar surface area (TPSA) is 9.23 Å². The van der Waals surface area contributed by atoms with E-state index in [2.05, 4.69) is 156 Å². The fraction of sp³-hybridized carbons (Fsp3) is 0.442. The Morgan fingerprint density at radius 3 is 1.09 bits per heavy atom. The zero-order valence-electron chi connectivity index (χ0n) is 30.4. The molecule has 2 heteroatoms. The second-order valence-electron chi connectivity index (χ2n) is 14.9. The van der Waals surface area contributed by atoms with E-state index in [1.54, 1.807) is 0 Å². The van der Waals surface area contributed by atoms with E-state index in [4.69, 9.17) is 4.65 Å². The molecule has 4 aromatic rings. The average Bonchev–Trinajstić information content (AvgIpc) is 3.00. The first kappa shape index (κ1) is 34.8. The van der Waals surface area contributed by atoms with Gasteiger partial charge in [-0.05, 0) is 102 Å². The average molecular weight is 601 g/mol. The van der Waals surface area contributed by atoms with Gasteiger partial charge < -0.3 is 4.65 Å². The Labute approximate surface area is 276 Å². The van der Waals surface area contributed by atoms with E-state index in [0.717, 1.165) is 0 Å². The van der Waals surface area contributed by atoms with Gasteiger partial charge >= 0.3 is 6.92 Å². The molecule has 0 radical (unpaired) electrons. The van der Waals surface area contributed by atoms with Crippen molar-refractivity contribution in [1.29, 1.82) is 0 Å². The SMILES string of the molecule is COB(c1ccccc1)c1c(-c2c(C(C)C)cc(C(C)C)cc2C(C)C)cccc1-c1c(C(C)C)cc(C(C)C)cc1C(C)C. The lowest BCUT2D eigenvalue weighted by atomic mass is 9.51. The molecule has 0 heterocycles. The number of hydrogen-bond acceptors (Lipinski definition) is 1. The largest absolute Gasteiger partial charge is 0.430 e. The van der Waals surface area contributed by atoms with Gasteiger partial charge in [0.2, 0.25) is 0 Å². The second kappa shape index (κ2) is 14.6. The van der Waals surface area contributed by atoms with E-state index >= 15 is 0 Å². The normalized spacial score (nSPS) is 12.1. The van der Waals surface area contributed by atoms with Crippen LogP contribution in [-0.4, -0.2) is 14.0 Å². The molecule has 0 bridgehead atoms. The maximum atomic E-state index is 6.57. The molecule has 0 fully saturated rings. The van der Waals surface area contributed by atoms with E-state index in [0.29, 0.717) is 35.5 Å². The molecule has 4 aromatic carbocycles. The minimum absolute atomic E-state index is 0.216. The van der Waals surface area contributed by atoms with E-state index in [1.165, 1.54) is 66.6 Å².